The standard InChI is InChI=1S/C17H21N5O2S/c1-21(17-10-19-7-8-20-17)16-5-4-13-11-22(12-15(13)16)25(23,24)14-3-2-6-18-9-14/h2-3,6-10,13,15-16H,4-5,11-12H2,1H3/t13-,15+,16-/m1/s1. The summed E-state index contributed by atoms with van der Waals surface area (Å²) in [5, 5.41) is 0. The fraction of sp³-hybridized carbons (Fsp3) is 0.471. The van der Waals surface area contributed by atoms with Gasteiger partial charge in [-0.3, -0.25) is 9.97 Å². The molecule has 0 unspecified atom stereocenters. The molecule has 1 aliphatic heterocycles. The van der Waals surface area contributed by atoms with Crippen molar-refractivity contribution < 1.29 is 8.42 Å². The van der Waals surface area contributed by atoms with E-state index in [0.717, 1.165) is 18.7 Å². The number of pyridine rings is 1. The van der Waals surface area contributed by atoms with Crippen molar-refractivity contribution in [3.63, 3.8) is 0 Å². The highest BCUT2D eigenvalue weighted by Gasteiger charge is 2.47. The first kappa shape index (κ1) is 16.4. The fourth-order valence-corrected chi connectivity index (χ4v) is 5.66. The van der Waals surface area contributed by atoms with Crippen LogP contribution in [-0.4, -0.2) is 53.9 Å². The Hall–Kier alpha value is -2.06. The maximum atomic E-state index is 12.9. The Morgan fingerprint density at radius 3 is 2.68 bits per heavy atom. The van der Waals surface area contributed by atoms with Crippen LogP contribution in [0.2, 0.25) is 0 Å². The van der Waals surface area contributed by atoms with Crippen LogP contribution in [0.1, 0.15) is 12.8 Å². The van der Waals surface area contributed by atoms with Crippen LogP contribution in [0, 0.1) is 11.8 Å². The van der Waals surface area contributed by atoms with E-state index in [9.17, 15) is 8.42 Å². The second kappa shape index (κ2) is 6.34. The Kier molecular flexibility index (Phi) is 4.16. The molecule has 2 aromatic heterocycles. The fourth-order valence-electron chi connectivity index (χ4n) is 4.16. The van der Waals surface area contributed by atoms with Gasteiger partial charge >= 0.3 is 0 Å². The van der Waals surface area contributed by atoms with Crippen LogP contribution in [0.25, 0.3) is 0 Å². The molecule has 1 saturated carbocycles. The van der Waals surface area contributed by atoms with Crippen molar-refractivity contribution in [1.29, 1.82) is 0 Å². The van der Waals surface area contributed by atoms with Crippen LogP contribution in [-0.2, 0) is 10.0 Å². The van der Waals surface area contributed by atoms with E-state index in [1.54, 1.807) is 41.2 Å². The van der Waals surface area contributed by atoms with Gasteiger partial charge < -0.3 is 4.90 Å². The van der Waals surface area contributed by atoms with Crippen molar-refractivity contribution in [1.82, 2.24) is 19.3 Å². The van der Waals surface area contributed by atoms with Crippen molar-refractivity contribution in [2.45, 2.75) is 23.8 Å². The van der Waals surface area contributed by atoms with Gasteiger partial charge in [0.15, 0.2) is 0 Å². The van der Waals surface area contributed by atoms with Crippen LogP contribution in [0.5, 0.6) is 0 Å². The van der Waals surface area contributed by atoms with E-state index >= 15 is 0 Å². The quantitative estimate of drug-likeness (QED) is 0.821. The number of fused-ring (bicyclic) bond motifs is 1. The minimum Gasteiger partial charge on any atom is -0.355 e. The Balaban J connectivity index is 1.54. The molecule has 4 rings (SSSR count). The minimum absolute atomic E-state index is 0.272. The first-order valence-electron chi connectivity index (χ1n) is 8.46. The highest BCUT2D eigenvalue weighted by molar-refractivity contribution is 7.89. The molecular formula is C17H21N5O2S. The lowest BCUT2D eigenvalue weighted by molar-refractivity contribution is 0.417. The zero-order chi connectivity index (χ0) is 17.4. The zero-order valence-corrected chi connectivity index (χ0v) is 14.9. The molecule has 2 fully saturated rings. The Labute approximate surface area is 147 Å². The topological polar surface area (TPSA) is 79.3 Å². The summed E-state index contributed by atoms with van der Waals surface area (Å²) in [7, 11) is -1.45. The monoisotopic (exact) mass is 359 g/mol. The number of anilines is 1. The molecule has 0 bridgehead atoms. The molecular weight excluding hydrogens is 338 g/mol. The summed E-state index contributed by atoms with van der Waals surface area (Å²) < 4.78 is 27.3. The van der Waals surface area contributed by atoms with Crippen molar-refractivity contribution in [3.8, 4) is 0 Å². The number of nitrogens with zero attached hydrogens (tertiary/aromatic N) is 5. The van der Waals surface area contributed by atoms with Gasteiger partial charge in [-0.25, -0.2) is 13.4 Å². The lowest BCUT2D eigenvalue weighted by Crippen LogP contribution is -2.39. The minimum atomic E-state index is -3.47. The normalized spacial score (nSPS) is 26.5. The molecule has 2 aliphatic rings. The summed E-state index contributed by atoms with van der Waals surface area (Å²) in [5.74, 6) is 1.55. The van der Waals surface area contributed by atoms with E-state index in [1.165, 1.54) is 6.20 Å². The van der Waals surface area contributed by atoms with Crippen LogP contribution in [0.3, 0.4) is 0 Å². The van der Waals surface area contributed by atoms with E-state index in [1.807, 2.05) is 7.05 Å². The van der Waals surface area contributed by atoms with Gasteiger partial charge in [-0.05, 0) is 36.8 Å². The van der Waals surface area contributed by atoms with Crippen LogP contribution in [0.4, 0.5) is 5.82 Å². The molecule has 0 N–H and O–H groups in total. The average Bonchev–Trinajstić information content (AvgIpc) is 3.24. The summed E-state index contributed by atoms with van der Waals surface area (Å²) in [6.45, 7) is 1.14. The van der Waals surface area contributed by atoms with Gasteiger partial charge in [0.25, 0.3) is 0 Å². The largest absolute Gasteiger partial charge is 0.355 e. The van der Waals surface area contributed by atoms with Crippen molar-refractivity contribution in [2.75, 3.05) is 25.0 Å². The first-order chi connectivity index (χ1) is 12.1. The zero-order valence-electron chi connectivity index (χ0n) is 14.1. The lowest BCUT2D eigenvalue weighted by Gasteiger charge is -2.30. The molecule has 0 aromatic carbocycles. The highest BCUT2D eigenvalue weighted by Crippen LogP contribution is 2.42. The second-order valence-electron chi connectivity index (χ2n) is 6.75. The Morgan fingerprint density at radius 2 is 1.96 bits per heavy atom. The van der Waals surface area contributed by atoms with E-state index in [0.29, 0.717) is 24.9 Å². The highest BCUT2D eigenvalue weighted by atomic mass is 32.2. The van der Waals surface area contributed by atoms with E-state index in [-0.39, 0.29) is 10.9 Å². The number of hydrogen-bond acceptors (Lipinski definition) is 6. The lowest BCUT2D eigenvalue weighted by atomic mass is 9.97. The molecule has 2 aromatic rings. The van der Waals surface area contributed by atoms with E-state index in [4.69, 9.17) is 0 Å². The number of sulfonamides is 1. The van der Waals surface area contributed by atoms with Gasteiger partial charge in [-0.1, -0.05) is 0 Å². The van der Waals surface area contributed by atoms with Crippen molar-refractivity contribution in [3.05, 3.63) is 43.1 Å². The Morgan fingerprint density at radius 1 is 1.12 bits per heavy atom. The van der Waals surface area contributed by atoms with Gasteiger partial charge in [0, 0.05) is 51.0 Å². The third-order valence-electron chi connectivity index (χ3n) is 5.47. The number of rotatable bonds is 4. The predicted molar refractivity (Wildman–Crippen MR) is 93.4 cm³/mol. The first-order valence-corrected chi connectivity index (χ1v) is 9.90. The Bertz CT molecular complexity index is 831. The van der Waals surface area contributed by atoms with Gasteiger partial charge in [0.2, 0.25) is 10.0 Å². The maximum Gasteiger partial charge on any atom is 0.244 e. The third-order valence-corrected chi connectivity index (χ3v) is 7.28. The molecule has 0 spiro atoms. The van der Waals surface area contributed by atoms with Gasteiger partial charge in [-0.2, -0.15) is 4.31 Å². The van der Waals surface area contributed by atoms with E-state index < -0.39 is 10.0 Å². The summed E-state index contributed by atoms with van der Waals surface area (Å²) in [6, 6.07) is 3.56. The average molecular weight is 359 g/mol. The molecule has 7 nitrogen and oxygen atoms in total. The van der Waals surface area contributed by atoms with Gasteiger partial charge in [0.1, 0.15) is 10.7 Å². The SMILES string of the molecule is CN(c1cnccn1)[C@@H]1CC[C@@H]2CN(S(=O)(=O)c3cccnc3)C[C@@H]21. The molecule has 8 heteroatoms. The molecule has 0 radical (unpaired) electrons. The smallest absolute Gasteiger partial charge is 0.244 e. The molecule has 25 heavy (non-hydrogen) atoms. The van der Waals surface area contributed by atoms with Crippen LogP contribution in [0.15, 0.2) is 48.0 Å². The second-order valence-corrected chi connectivity index (χ2v) is 8.69. The van der Waals surface area contributed by atoms with Crippen LogP contribution >= 0.6 is 0 Å². The van der Waals surface area contributed by atoms with Crippen molar-refractivity contribution in [2.24, 2.45) is 11.8 Å². The predicted octanol–water partition coefficient (Wildman–Crippen LogP) is 1.41. The molecule has 3 atom stereocenters. The van der Waals surface area contributed by atoms with Crippen LogP contribution < -0.4 is 4.90 Å². The van der Waals surface area contributed by atoms with Crippen molar-refractivity contribution >= 4 is 15.8 Å². The summed E-state index contributed by atoms with van der Waals surface area (Å²) in [4.78, 5) is 14.9. The summed E-state index contributed by atoms with van der Waals surface area (Å²) >= 11 is 0. The molecule has 132 valence electrons. The van der Waals surface area contributed by atoms with Gasteiger partial charge in [-0.15, -0.1) is 0 Å². The summed E-state index contributed by atoms with van der Waals surface area (Å²) in [6.07, 6.45) is 10.2. The van der Waals surface area contributed by atoms with E-state index in [2.05, 4.69) is 19.9 Å². The molecule has 1 aliphatic carbocycles. The number of aromatic nitrogens is 3. The molecule has 3 heterocycles. The molecule has 0 amide bonds. The molecule has 1 saturated heterocycles. The summed E-state index contributed by atoms with van der Waals surface area (Å²) in [5.41, 5.74) is 0. The van der Waals surface area contributed by atoms with Gasteiger partial charge in [0.05, 0.1) is 6.20 Å². The number of hydrogen-bond donors (Lipinski definition) is 0. The third kappa shape index (κ3) is 2.89. The maximum absolute atomic E-state index is 12.9.